The van der Waals surface area contributed by atoms with Gasteiger partial charge in [0.05, 0.1) is 23.2 Å². The fraction of sp³-hybridized carbons (Fsp3) is 0.375. The van der Waals surface area contributed by atoms with E-state index in [0.717, 1.165) is 12.1 Å². The summed E-state index contributed by atoms with van der Waals surface area (Å²) >= 11 is 0. The first-order valence-corrected chi connectivity index (χ1v) is 7.20. The third-order valence-corrected chi connectivity index (χ3v) is 4.36. The molecule has 4 atom stereocenters. The third kappa shape index (κ3) is 2.66. The molecule has 24 heavy (non-hydrogen) atoms. The van der Waals surface area contributed by atoms with Gasteiger partial charge >= 0.3 is 12.1 Å². The molecule has 1 amide bonds. The molecular weight excluding hydrogens is 327 g/mol. The molecule has 1 saturated heterocycles. The van der Waals surface area contributed by atoms with Crippen molar-refractivity contribution in [1.82, 2.24) is 0 Å². The molecule has 1 aromatic carbocycles. The van der Waals surface area contributed by atoms with E-state index in [-0.39, 0.29) is 5.69 Å². The average molecular weight is 341 g/mol. The molecule has 2 aliphatic rings. The molecule has 0 unspecified atom stereocenters. The molecule has 2 heterocycles. The van der Waals surface area contributed by atoms with E-state index < -0.39 is 47.2 Å². The van der Waals surface area contributed by atoms with Gasteiger partial charge in [-0.2, -0.15) is 13.2 Å². The van der Waals surface area contributed by atoms with Crippen LogP contribution >= 0.6 is 0 Å². The number of carbonyl (C=O) groups excluding carboxylic acids is 1. The molecule has 2 N–H and O–H groups in total. The number of benzene rings is 1. The second-order valence-corrected chi connectivity index (χ2v) is 6.03. The van der Waals surface area contributed by atoms with Gasteiger partial charge in [0.15, 0.2) is 0 Å². The zero-order valence-electron chi connectivity index (χ0n) is 12.5. The van der Waals surface area contributed by atoms with E-state index in [1.165, 1.54) is 12.1 Å². The molecule has 1 fully saturated rings. The minimum absolute atomic E-state index is 0.0469. The first-order chi connectivity index (χ1) is 11.1. The van der Waals surface area contributed by atoms with Gasteiger partial charge in [-0.3, -0.25) is 9.59 Å². The van der Waals surface area contributed by atoms with Crippen molar-refractivity contribution in [3.05, 3.63) is 42.0 Å². The molecule has 2 bridgehead atoms. The van der Waals surface area contributed by atoms with Crippen molar-refractivity contribution in [2.75, 3.05) is 5.32 Å². The van der Waals surface area contributed by atoms with E-state index in [1.54, 1.807) is 19.1 Å². The van der Waals surface area contributed by atoms with Gasteiger partial charge in [0.1, 0.15) is 5.92 Å². The second kappa shape index (κ2) is 5.34. The van der Waals surface area contributed by atoms with E-state index in [0.29, 0.717) is 0 Å². The van der Waals surface area contributed by atoms with Crippen LogP contribution in [0.5, 0.6) is 0 Å². The number of carboxylic acid groups (broad SMARTS) is 1. The summed E-state index contributed by atoms with van der Waals surface area (Å²) < 4.78 is 43.8. The minimum atomic E-state index is -4.53. The Labute approximate surface area is 135 Å². The first kappa shape index (κ1) is 16.5. The quantitative estimate of drug-likeness (QED) is 0.829. The Bertz CT molecular complexity index is 730. The fourth-order valence-corrected chi connectivity index (χ4v) is 3.27. The number of alkyl halides is 3. The van der Waals surface area contributed by atoms with Crippen LogP contribution in [0, 0.1) is 11.8 Å². The molecule has 0 radical (unpaired) electrons. The lowest BCUT2D eigenvalue weighted by Crippen LogP contribution is -2.44. The maximum Gasteiger partial charge on any atom is 0.416 e. The van der Waals surface area contributed by atoms with Gasteiger partial charge in [-0.05, 0) is 25.1 Å². The van der Waals surface area contributed by atoms with Gasteiger partial charge in [0.25, 0.3) is 0 Å². The van der Waals surface area contributed by atoms with Gasteiger partial charge in [-0.25, -0.2) is 0 Å². The summed E-state index contributed by atoms with van der Waals surface area (Å²) in [5, 5.41) is 11.7. The molecule has 1 aromatic rings. The Hall–Kier alpha value is -2.35. The number of rotatable bonds is 3. The number of carboxylic acids is 1. The van der Waals surface area contributed by atoms with Crippen LogP contribution in [0.2, 0.25) is 0 Å². The number of nitrogens with one attached hydrogen (secondary N) is 1. The van der Waals surface area contributed by atoms with Crippen LogP contribution in [-0.2, 0) is 20.5 Å². The summed E-state index contributed by atoms with van der Waals surface area (Å²) in [6.45, 7) is 1.59. The maximum atomic E-state index is 12.7. The van der Waals surface area contributed by atoms with Crippen molar-refractivity contribution in [3.63, 3.8) is 0 Å². The molecule has 0 saturated carbocycles. The first-order valence-electron chi connectivity index (χ1n) is 7.20. The highest BCUT2D eigenvalue weighted by Gasteiger charge is 2.59. The predicted molar refractivity (Wildman–Crippen MR) is 77.1 cm³/mol. The van der Waals surface area contributed by atoms with Gasteiger partial charge < -0.3 is 15.2 Å². The van der Waals surface area contributed by atoms with Crippen LogP contribution in [0.15, 0.2) is 36.4 Å². The Kier molecular flexibility index (Phi) is 3.67. The summed E-state index contributed by atoms with van der Waals surface area (Å²) in [6, 6.07) is 4.18. The smallest absolute Gasteiger partial charge is 0.416 e. The number of hydrogen-bond donors (Lipinski definition) is 2. The molecule has 0 spiro atoms. The minimum Gasteiger partial charge on any atom is -0.481 e. The van der Waals surface area contributed by atoms with Crippen molar-refractivity contribution in [2.24, 2.45) is 11.8 Å². The predicted octanol–water partition coefficient (Wildman–Crippen LogP) is 2.69. The van der Waals surface area contributed by atoms with E-state index in [1.807, 2.05) is 0 Å². The maximum absolute atomic E-state index is 12.7. The molecule has 128 valence electrons. The Balaban J connectivity index is 1.85. The van der Waals surface area contributed by atoms with Crippen LogP contribution in [0.4, 0.5) is 18.9 Å². The summed E-state index contributed by atoms with van der Waals surface area (Å²) in [4.78, 5) is 24.0. The van der Waals surface area contributed by atoms with E-state index in [2.05, 4.69) is 5.32 Å². The number of carbonyl (C=O) groups is 2. The van der Waals surface area contributed by atoms with E-state index in [4.69, 9.17) is 4.74 Å². The Morgan fingerprint density at radius 2 is 2.04 bits per heavy atom. The van der Waals surface area contributed by atoms with Crippen LogP contribution in [0.1, 0.15) is 12.5 Å². The largest absolute Gasteiger partial charge is 0.481 e. The number of fused-ring (bicyclic) bond motifs is 2. The normalized spacial score (nSPS) is 31.2. The standard InChI is InChI=1S/C16H14F3NO4/c1-15-6-5-10(24-15)11(14(22)23)12(15)13(21)20-9-4-2-3-8(7-9)16(17,18)19/h2-7,10-12H,1H3,(H,20,21)(H,22,23)/t10-,11-,12+,15+/m1/s1. The number of anilines is 1. The Morgan fingerprint density at radius 1 is 1.33 bits per heavy atom. The topological polar surface area (TPSA) is 75.6 Å². The van der Waals surface area contributed by atoms with Crippen molar-refractivity contribution in [2.45, 2.75) is 24.8 Å². The van der Waals surface area contributed by atoms with Crippen molar-refractivity contribution < 1.29 is 32.6 Å². The number of ether oxygens (including phenoxy) is 1. The highest BCUT2D eigenvalue weighted by atomic mass is 19.4. The molecule has 2 aliphatic heterocycles. The number of halogens is 3. The second-order valence-electron chi connectivity index (χ2n) is 6.03. The fourth-order valence-electron chi connectivity index (χ4n) is 3.27. The van der Waals surface area contributed by atoms with Crippen molar-refractivity contribution in [3.8, 4) is 0 Å². The lowest BCUT2D eigenvalue weighted by molar-refractivity contribution is -0.146. The number of aliphatic carboxylic acids is 1. The molecule has 0 aliphatic carbocycles. The number of hydrogen-bond acceptors (Lipinski definition) is 3. The van der Waals surface area contributed by atoms with Gasteiger partial charge in [0.2, 0.25) is 5.91 Å². The highest BCUT2D eigenvalue weighted by Crippen LogP contribution is 2.47. The summed E-state index contributed by atoms with van der Waals surface area (Å²) in [7, 11) is 0. The molecule has 3 rings (SSSR count). The van der Waals surface area contributed by atoms with Crippen LogP contribution < -0.4 is 5.32 Å². The highest BCUT2D eigenvalue weighted by molar-refractivity contribution is 5.97. The summed E-state index contributed by atoms with van der Waals surface area (Å²) in [5.74, 6) is -3.97. The SMILES string of the molecule is C[C@@]12C=C[C@@H](O1)[C@@H](C(=O)O)[C@H]2C(=O)Nc1cccc(C(F)(F)F)c1. The Morgan fingerprint density at radius 3 is 2.67 bits per heavy atom. The monoisotopic (exact) mass is 341 g/mol. The summed E-state index contributed by atoms with van der Waals surface area (Å²) in [5.41, 5.74) is -2.03. The zero-order valence-corrected chi connectivity index (χ0v) is 12.5. The van der Waals surface area contributed by atoms with Gasteiger partial charge in [0, 0.05) is 5.69 Å². The van der Waals surface area contributed by atoms with Crippen LogP contribution in [-0.4, -0.2) is 28.7 Å². The van der Waals surface area contributed by atoms with Gasteiger partial charge in [-0.15, -0.1) is 0 Å². The molecular formula is C16H14F3NO4. The van der Waals surface area contributed by atoms with Crippen molar-refractivity contribution >= 4 is 17.6 Å². The zero-order chi connectivity index (χ0) is 17.7. The summed E-state index contributed by atoms with van der Waals surface area (Å²) in [6.07, 6.45) is -2.04. The number of amides is 1. The van der Waals surface area contributed by atoms with E-state index >= 15 is 0 Å². The molecule has 8 heteroatoms. The lowest BCUT2D eigenvalue weighted by atomic mass is 9.75. The van der Waals surface area contributed by atoms with Gasteiger partial charge in [-0.1, -0.05) is 18.2 Å². The average Bonchev–Trinajstić information content (AvgIpc) is 2.99. The lowest BCUT2D eigenvalue weighted by Gasteiger charge is -2.27. The molecule has 5 nitrogen and oxygen atoms in total. The van der Waals surface area contributed by atoms with Crippen molar-refractivity contribution in [1.29, 1.82) is 0 Å². The molecule has 0 aromatic heterocycles. The van der Waals surface area contributed by atoms with Crippen LogP contribution in [0.3, 0.4) is 0 Å². The third-order valence-electron chi connectivity index (χ3n) is 4.36. The van der Waals surface area contributed by atoms with E-state index in [9.17, 15) is 27.9 Å². The van der Waals surface area contributed by atoms with Crippen LogP contribution in [0.25, 0.3) is 0 Å².